The van der Waals surface area contributed by atoms with E-state index in [1.54, 1.807) is 0 Å². The first-order valence-electron chi connectivity index (χ1n) is 2.85. The normalized spacial score (nSPS) is 16.0. The summed E-state index contributed by atoms with van der Waals surface area (Å²) in [6.45, 7) is 0. The van der Waals surface area contributed by atoms with E-state index < -0.39 is 6.16 Å². The van der Waals surface area contributed by atoms with Crippen LogP contribution in [0.15, 0.2) is 15.5 Å². The molecule has 0 saturated carbocycles. The second-order valence-electron chi connectivity index (χ2n) is 1.78. The third-order valence-corrected chi connectivity index (χ3v) is 0.904. The van der Waals surface area contributed by atoms with Crippen molar-refractivity contribution in [3.05, 3.63) is 0 Å². The van der Waals surface area contributed by atoms with E-state index in [1.165, 1.54) is 0 Å². The van der Waals surface area contributed by atoms with Crippen molar-refractivity contribution in [2.45, 2.75) is 6.42 Å². The fourth-order valence-corrected chi connectivity index (χ4v) is 0.510. The zero-order valence-corrected chi connectivity index (χ0v) is 5.72. The van der Waals surface area contributed by atoms with Gasteiger partial charge in [0.15, 0.2) is 5.84 Å². The molecule has 12 heavy (non-hydrogen) atoms. The average Bonchev–Trinajstić information content (AvgIpc) is 2.35. The van der Waals surface area contributed by atoms with Crippen LogP contribution in [-0.2, 0) is 9.63 Å². The van der Waals surface area contributed by atoms with E-state index in [1.807, 2.05) is 0 Å². The molecule has 0 atom stereocenters. The summed E-state index contributed by atoms with van der Waals surface area (Å²) in [5.74, 6) is -0.236. The number of hydrogen-bond donors (Lipinski definition) is 2. The van der Waals surface area contributed by atoms with Crippen LogP contribution in [-0.4, -0.2) is 23.0 Å². The topological polar surface area (TPSA) is 113 Å². The summed E-state index contributed by atoms with van der Waals surface area (Å²) in [4.78, 5) is 23.9. The molecule has 1 heterocycles. The number of rotatable bonds is 1. The van der Waals surface area contributed by atoms with Crippen molar-refractivity contribution in [1.29, 1.82) is 0 Å². The predicted octanol–water partition coefficient (Wildman–Crippen LogP) is -0.118. The van der Waals surface area contributed by atoms with Crippen LogP contribution in [0.5, 0.6) is 0 Å². The van der Waals surface area contributed by atoms with Crippen LogP contribution in [0.25, 0.3) is 0 Å². The van der Waals surface area contributed by atoms with Crippen molar-refractivity contribution < 1.29 is 19.5 Å². The van der Waals surface area contributed by atoms with Crippen LogP contribution in [0.2, 0.25) is 0 Å². The van der Waals surface area contributed by atoms with E-state index in [0.717, 1.165) is 0 Å². The third kappa shape index (κ3) is 2.33. The highest BCUT2D eigenvalue weighted by molar-refractivity contribution is 6.03. The zero-order chi connectivity index (χ0) is 8.97. The standard InChI is InChI=1S/C4H4N4O4/c9-3-1-2(5-7-3)6-8-12-4(10)11/h1H2,(H,7,9)(H,10,11). The first kappa shape index (κ1) is 8.11. The van der Waals surface area contributed by atoms with Gasteiger partial charge in [-0.25, -0.2) is 10.2 Å². The Morgan fingerprint density at radius 3 is 3.00 bits per heavy atom. The van der Waals surface area contributed by atoms with E-state index in [2.05, 4.69) is 25.8 Å². The lowest BCUT2D eigenvalue weighted by atomic mass is 10.4. The van der Waals surface area contributed by atoms with Gasteiger partial charge in [-0.3, -0.25) is 9.63 Å². The number of amides is 1. The summed E-state index contributed by atoms with van der Waals surface area (Å²) < 4.78 is 0. The lowest BCUT2D eigenvalue weighted by molar-refractivity contribution is -0.119. The van der Waals surface area contributed by atoms with Gasteiger partial charge in [0, 0.05) is 5.28 Å². The van der Waals surface area contributed by atoms with Crippen LogP contribution in [0, 0.1) is 0 Å². The Hall–Kier alpha value is -1.99. The summed E-state index contributed by atoms with van der Waals surface area (Å²) >= 11 is 0. The Balaban J connectivity index is 2.37. The van der Waals surface area contributed by atoms with Crippen molar-refractivity contribution in [3.8, 4) is 0 Å². The molecule has 0 aromatic rings. The quantitative estimate of drug-likeness (QED) is 0.424. The molecule has 0 aromatic carbocycles. The maximum atomic E-state index is 10.5. The van der Waals surface area contributed by atoms with Gasteiger partial charge in [-0.1, -0.05) is 5.11 Å². The Kier molecular flexibility index (Phi) is 2.31. The predicted molar refractivity (Wildman–Crippen MR) is 34.2 cm³/mol. The molecule has 1 amide bonds. The van der Waals surface area contributed by atoms with Crippen LogP contribution < -0.4 is 5.43 Å². The van der Waals surface area contributed by atoms with Crippen molar-refractivity contribution >= 4 is 17.9 Å². The van der Waals surface area contributed by atoms with Crippen LogP contribution in [0.3, 0.4) is 0 Å². The van der Waals surface area contributed by atoms with E-state index in [0.29, 0.717) is 0 Å². The molecule has 0 fully saturated rings. The summed E-state index contributed by atoms with van der Waals surface area (Å²) in [6, 6.07) is 0. The van der Waals surface area contributed by atoms with Crippen molar-refractivity contribution in [1.82, 2.24) is 5.43 Å². The van der Waals surface area contributed by atoms with Gasteiger partial charge in [-0.05, 0) is 0 Å². The molecular formula is C4H4N4O4. The second kappa shape index (κ2) is 3.42. The van der Waals surface area contributed by atoms with E-state index in [-0.39, 0.29) is 18.2 Å². The molecule has 0 saturated heterocycles. The first-order valence-corrected chi connectivity index (χ1v) is 2.85. The van der Waals surface area contributed by atoms with Crippen LogP contribution >= 0.6 is 0 Å². The summed E-state index contributed by atoms with van der Waals surface area (Å²) in [5.41, 5.74) is 2.10. The third-order valence-electron chi connectivity index (χ3n) is 0.904. The van der Waals surface area contributed by atoms with Gasteiger partial charge in [0.05, 0.1) is 6.42 Å². The number of carbonyl (C=O) groups excluding carboxylic acids is 1. The van der Waals surface area contributed by atoms with Crippen molar-refractivity contribution in [2.24, 2.45) is 15.5 Å². The SMILES string of the molecule is O=C1CC(N=NOC(=O)O)=NN1. The van der Waals surface area contributed by atoms with Gasteiger partial charge >= 0.3 is 6.16 Å². The fourth-order valence-electron chi connectivity index (χ4n) is 0.510. The zero-order valence-electron chi connectivity index (χ0n) is 5.72. The van der Waals surface area contributed by atoms with Crippen molar-refractivity contribution in [3.63, 3.8) is 0 Å². The minimum atomic E-state index is -1.57. The minimum Gasteiger partial charge on any atom is -0.448 e. The fraction of sp³-hybridized carbons (Fsp3) is 0.250. The Labute approximate surface area is 65.9 Å². The highest BCUT2D eigenvalue weighted by atomic mass is 16.8. The van der Waals surface area contributed by atoms with Gasteiger partial charge in [-0.15, -0.1) is 0 Å². The number of hydrazone groups is 1. The monoisotopic (exact) mass is 172 g/mol. The van der Waals surface area contributed by atoms with E-state index >= 15 is 0 Å². The van der Waals surface area contributed by atoms with Crippen LogP contribution in [0.1, 0.15) is 6.42 Å². The number of hydrogen-bond acceptors (Lipinski definition) is 6. The molecule has 0 aliphatic carbocycles. The average molecular weight is 172 g/mol. The van der Waals surface area contributed by atoms with E-state index in [9.17, 15) is 9.59 Å². The molecule has 0 spiro atoms. The molecule has 0 radical (unpaired) electrons. The Bertz CT molecular complexity index is 270. The minimum absolute atomic E-state index is 0.0214. The van der Waals surface area contributed by atoms with Gasteiger partial charge in [0.2, 0.25) is 5.91 Å². The van der Waals surface area contributed by atoms with E-state index in [4.69, 9.17) is 5.11 Å². The summed E-state index contributed by atoms with van der Waals surface area (Å²) in [7, 11) is 0. The number of carboxylic acid groups (broad SMARTS) is 1. The number of carbonyl (C=O) groups is 2. The molecule has 8 heteroatoms. The maximum Gasteiger partial charge on any atom is 0.533 e. The van der Waals surface area contributed by atoms with Gasteiger partial charge < -0.3 is 5.11 Å². The molecular weight excluding hydrogens is 168 g/mol. The summed E-state index contributed by atoms with van der Waals surface area (Å²) in [5, 5.41) is 17.3. The van der Waals surface area contributed by atoms with Gasteiger partial charge in [0.1, 0.15) is 0 Å². The number of nitrogens with zero attached hydrogens (tertiary/aromatic N) is 3. The first-order chi connectivity index (χ1) is 5.68. The molecule has 0 aromatic heterocycles. The molecule has 2 N–H and O–H groups in total. The highest BCUT2D eigenvalue weighted by Crippen LogP contribution is 1.97. The van der Waals surface area contributed by atoms with Gasteiger partial charge in [-0.2, -0.15) is 5.10 Å². The lowest BCUT2D eigenvalue weighted by Gasteiger charge is -1.84. The Morgan fingerprint density at radius 2 is 2.50 bits per heavy atom. The molecule has 1 aliphatic heterocycles. The van der Waals surface area contributed by atoms with Crippen LogP contribution in [0.4, 0.5) is 4.79 Å². The molecule has 0 unspecified atom stereocenters. The number of nitrogens with one attached hydrogen (secondary N) is 1. The number of amidine groups is 1. The highest BCUT2D eigenvalue weighted by Gasteiger charge is 2.13. The Morgan fingerprint density at radius 1 is 1.75 bits per heavy atom. The van der Waals surface area contributed by atoms with Gasteiger partial charge in [0.25, 0.3) is 0 Å². The maximum absolute atomic E-state index is 10.5. The molecule has 1 rings (SSSR count). The molecule has 0 bridgehead atoms. The smallest absolute Gasteiger partial charge is 0.448 e. The molecule has 1 aliphatic rings. The molecule has 64 valence electrons. The summed E-state index contributed by atoms with van der Waals surface area (Å²) in [6.07, 6.45) is -1.59. The van der Waals surface area contributed by atoms with Crippen molar-refractivity contribution in [2.75, 3.05) is 0 Å². The largest absolute Gasteiger partial charge is 0.533 e. The molecule has 8 nitrogen and oxygen atoms in total. The second-order valence-corrected chi connectivity index (χ2v) is 1.78. The lowest BCUT2D eigenvalue weighted by Crippen LogP contribution is -2.08.